The van der Waals surface area contributed by atoms with Gasteiger partial charge in [-0.1, -0.05) is 18.2 Å². The van der Waals surface area contributed by atoms with Crippen molar-refractivity contribution in [2.24, 2.45) is 5.92 Å². The van der Waals surface area contributed by atoms with Gasteiger partial charge in [-0.25, -0.2) is 13.8 Å². The highest BCUT2D eigenvalue weighted by molar-refractivity contribution is 5.85. The summed E-state index contributed by atoms with van der Waals surface area (Å²) in [6.45, 7) is 0.108. The zero-order valence-electron chi connectivity index (χ0n) is 12.2. The molecule has 118 valence electrons. The van der Waals surface area contributed by atoms with Gasteiger partial charge in [0.25, 0.3) is 6.43 Å². The van der Waals surface area contributed by atoms with E-state index in [1.807, 2.05) is 29.2 Å². The summed E-state index contributed by atoms with van der Waals surface area (Å²) >= 11 is 0. The number of nitrogens with one attached hydrogen (secondary N) is 1. The Kier molecular flexibility index (Phi) is 4.06. The smallest absolute Gasteiger partial charge is 0.255 e. The molecule has 1 fully saturated rings. The zero-order valence-corrected chi connectivity index (χ0v) is 12.2. The van der Waals surface area contributed by atoms with Crippen LogP contribution in [0.2, 0.25) is 0 Å². The molecule has 1 saturated heterocycles. The van der Waals surface area contributed by atoms with Crippen molar-refractivity contribution < 1.29 is 13.6 Å². The SMILES string of the molecule is N#Cc1cc2ccccc2nc1N1CC(C(=O)NCC(F)F)C1. The Bertz CT molecular complexity index is 781. The Morgan fingerprint density at radius 3 is 2.87 bits per heavy atom. The van der Waals surface area contributed by atoms with E-state index in [0.717, 1.165) is 10.9 Å². The van der Waals surface area contributed by atoms with Crippen LogP contribution in [0.4, 0.5) is 14.6 Å². The third kappa shape index (κ3) is 3.06. The monoisotopic (exact) mass is 316 g/mol. The van der Waals surface area contributed by atoms with E-state index in [1.54, 1.807) is 6.07 Å². The maximum atomic E-state index is 12.1. The first-order valence-corrected chi connectivity index (χ1v) is 7.19. The highest BCUT2D eigenvalue weighted by Crippen LogP contribution is 2.28. The molecule has 3 rings (SSSR count). The van der Waals surface area contributed by atoms with E-state index in [1.165, 1.54) is 0 Å². The number of pyridine rings is 1. The first-order chi connectivity index (χ1) is 11.1. The fourth-order valence-corrected chi connectivity index (χ4v) is 2.57. The number of para-hydroxylation sites is 1. The molecule has 0 saturated carbocycles. The van der Waals surface area contributed by atoms with Gasteiger partial charge in [-0.3, -0.25) is 4.79 Å². The van der Waals surface area contributed by atoms with Crippen LogP contribution in [0.5, 0.6) is 0 Å². The standard InChI is InChI=1S/C16H14F2N4O/c17-14(18)7-20-16(23)12-8-22(9-12)15-11(6-19)5-10-3-1-2-4-13(10)21-15/h1-5,12,14H,7-9H2,(H,20,23). The van der Waals surface area contributed by atoms with Crippen molar-refractivity contribution in [3.05, 3.63) is 35.9 Å². The summed E-state index contributed by atoms with van der Waals surface area (Å²) in [6.07, 6.45) is -2.55. The van der Waals surface area contributed by atoms with E-state index in [0.29, 0.717) is 24.5 Å². The van der Waals surface area contributed by atoms with E-state index in [4.69, 9.17) is 0 Å². The Morgan fingerprint density at radius 2 is 2.17 bits per heavy atom. The minimum Gasteiger partial charge on any atom is -0.354 e. The van der Waals surface area contributed by atoms with E-state index >= 15 is 0 Å². The van der Waals surface area contributed by atoms with Gasteiger partial charge >= 0.3 is 0 Å². The van der Waals surface area contributed by atoms with Gasteiger partial charge in [-0.05, 0) is 12.1 Å². The molecule has 0 radical (unpaired) electrons. The van der Waals surface area contributed by atoms with Gasteiger partial charge in [0.05, 0.1) is 23.5 Å². The first kappa shape index (κ1) is 15.2. The molecule has 0 spiro atoms. The third-order valence-corrected chi connectivity index (χ3v) is 3.81. The first-order valence-electron chi connectivity index (χ1n) is 7.19. The molecule has 0 unspecified atom stereocenters. The van der Waals surface area contributed by atoms with Crippen LogP contribution in [0.1, 0.15) is 5.56 Å². The minimum atomic E-state index is -2.55. The summed E-state index contributed by atoms with van der Waals surface area (Å²) in [5, 5.41) is 12.4. The number of alkyl halides is 2. The molecule has 0 aliphatic carbocycles. The lowest BCUT2D eigenvalue weighted by molar-refractivity contribution is -0.126. The number of aromatic nitrogens is 1. The number of nitrogens with zero attached hydrogens (tertiary/aromatic N) is 3. The molecule has 1 aliphatic rings. The van der Waals surface area contributed by atoms with Gasteiger partial charge in [0.1, 0.15) is 11.9 Å². The molecular weight excluding hydrogens is 302 g/mol. The van der Waals surface area contributed by atoms with Gasteiger partial charge < -0.3 is 10.2 Å². The summed E-state index contributed by atoms with van der Waals surface area (Å²) in [5.41, 5.74) is 1.21. The molecule has 1 aromatic heterocycles. The fraction of sp³-hybridized carbons (Fsp3) is 0.312. The lowest BCUT2D eigenvalue weighted by Gasteiger charge is -2.39. The van der Waals surface area contributed by atoms with Gasteiger partial charge in [-0.15, -0.1) is 0 Å². The van der Waals surface area contributed by atoms with Gasteiger partial charge in [0.15, 0.2) is 0 Å². The minimum absolute atomic E-state index is 0.353. The van der Waals surface area contributed by atoms with E-state index in [2.05, 4.69) is 16.4 Å². The van der Waals surface area contributed by atoms with E-state index in [9.17, 15) is 18.8 Å². The van der Waals surface area contributed by atoms with Crippen LogP contribution in [-0.2, 0) is 4.79 Å². The lowest BCUT2D eigenvalue weighted by Crippen LogP contribution is -2.54. The number of halogens is 2. The molecule has 23 heavy (non-hydrogen) atoms. The number of nitriles is 1. The number of fused-ring (bicyclic) bond motifs is 1. The summed E-state index contributed by atoms with van der Waals surface area (Å²) in [6, 6.07) is 11.4. The third-order valence-electron chi connectivity index (χ3n) is 3.81. The van der Waals surface area contributed by atoms with Crippen molar-refractivity contribution in [1.82, 2.24) is 10.3 Å². The Labute approximate surface area is 131 Å². The van der Waals surface area contributed by atoms with Crippen molar-refractivity contribution in [3.8, 4) is 6.07 Å². The normalized spacial score (nSPS) is 14.6. The highest BCUT2D eigenvalue weighted by atomic mass is 19.3. The molecule has 7 heteroatoms. The number of carbonyl (C=O) groups is 1. The van der Waals surface area contributed by atoms with E-state index < -0.39 is 13.0 Å². The van der Waals surface area contributed by atoms with Crippen molar-refractivity contribution in [2.75, 3.05) is 24.5 Å². The Balaban J connectivity index is 1.73. The van der Waals surface area contributed by atoms with Crippen molar-refractivity contribution in [1.29, 1.82) is 5.26 Å². The average molecular weight is 316 g/mol. The number of rotatable bonds is 4. The second kappa shape index (κ2) is 6.16. The summed E-state index contributed by atoms with van der Waals surface area (Å²) in [7, 11) is 0. The number of hydrogen-bond donors (Lipinski definition) is 1. The summed E-state index contributed by atoms with van der Waals surface area (Å²) in [5.74, 6) is -0.210. The molecule has 1 amide bonds. The number of anilines is 1. The predicted molar refractivity (Wildman–Crippen MR) is 81.2 cm³/mol. The molecule has 1 aliphatic heterocycles. The molecular formula is C16H14F2N4O. The zero-order chi connectivity index (χ0) is 16.4. The second-order valence-electron chi connectivity index (χ2n) is 5.40. The quantitative estimate of drug-likeness (QED) is 0.936. The summed E-state index contributed by atoms with van der Waals surface area (Å²) in [4.78, 5) is 18.0. The molecule has 0 atom stereocenters. The predicted octanol–water partition coefficient (Wildman–Crippen LogP) is 1.92. The topological polar surface area (TPSA) is 69.0 Å². The van der Waals surface area contributed by atoms with Crippen LogP contribution >= 0.6 is 0 Å². The fourth-order valence-electron chi connectivity index (χ4n) is 2.57. The Hall–Kier alpha value is -2.75. The lowest BCUT2D eigenvalue weighted by atomic mass is 9.98. The molecule has 1 N–H and O–H groups in total. The molecule has 0 bridgehead atoms. The van der Waals surface area contributed by atoms with Crippen molar-refractivity contribution >= 4 is 22.6 Å². The number of hydrogen-bond acceptors (Lipinski definition) is 4. The van der Waals surface area contributed by atoms with Crippen molar-refractivity contribution in [2.45, 2.75) is 6.43 Å². The van der Waals surface area contributed by atoms with Crippen LogP contribution in [0.25, 0.3) is 10.9 Å². The van der Waals surface area contributed by atoms with Crippen LogP contribution in [0.3, 0.4) is 0 Å². The van der Waals surface area contributed by atoms with E-state index in [-0.39, 0.29) is 11.8 Å². The van der Waals surface area contributed by atoms with Gasteiger partial charge in [0.2, 0.25) is 5.91 Å². The van der Waals surface area contributed by atoms with Crippen LogP contribution in [0, 0.1) is 17.2 Å². The molecule has 2 aromatic rings. The maximum absolute atomic E-state index is 12.1. The van der Waals surface area contributed by atoms with Crippen molar-refractivity contribution in [3.63, 3.8) is 0 Å². The summed E-state index contributed by atoms with van der Waals surface area (Å²) < 4.78 is 24.2. The van der Waals surface area contributed by atoms with Gasteiger partial charge in [0, 0.05) is 18.5 Å². The molecule has 2 heterocycles. The van der Waals surface area contributed by atoms with Crippen LogP contribution in [-0.4, -0.2) is 37.0 Å². The number of amides is 1. The van der Waals surface area contributed by atoms with Crippen LogP contribution in [0.15, 0.2) is 30.3 Å². The highest BCUT2D eigenvalue weighted by Gasteiger charge is 2.34. The number of benzene rings is 1. The second-order valence-corrected chi connectivity index (χ2v) is 5.40. The number of carbonyl (C=O) groups excluding carboxylic acids is 1. The maximum Gasteiger partial charge on any atom is 0.255 e. The largest absolute Gasteiger partial charge is 0.354 e. The van der Waals surface area contributed by atoms with Crippen LogP contribution < -0.4 is 10.2 Å². The average Bonchev–Trinajstić information content (AvgIpc) is 2.50. The van der Waals surface area contributed by atoms with Gasteiger partial charge in [-0.2, -0.15) is 5.26 Å². The Morgan fingerprint density at radius 1 is 1.43 bits per heavy atom. The molecule has 1 aromatic carbocycles. The molecule has 5 nitrogen and oxygen atoms in total.